The van der Waals surface area contributed by atoms with E-state index in [1.807, 2.05) is 55.7 Å². The molecule has 0 unspecified atom stereocenters. The summed E-state index contributed by atoms with van der Waals surface area (Å²) in [5, 5.41) is 8.23. The average Bonchev–Trinajstić information content (AvgIpc) is 3.44. The number of carbonyl (C=O) groups is 1. The maximum atomic E-state index is 13.1. The second-order valence-electron chi connectivity index (χ2n) is 7.91. The van der Waals surface area contributed by atoms with Crippen molar-refractivity contribution >= 4 is 22.9 Å². The molecule has 170 valence electrons. The van der Waals surface area contributed by atoms with Crippen LogP contribution in [0.5, 0.6) is 0 Å². The minimum atomic E-state index is -0.257. The van der Waals surface area contributed by atoms with Crippen molar-refractivity contribution in [2.24, 2.45) is 7.05 Å². The third-order valence-electron chi connectivity index (χ3n) is 5.83. The first-order valence-corrected chi connectivity index (χ1v) is 11.9. The number of para-hydroxylation sites is 1. The molecule has 0 aliphatic rings. The summed E-state index contributed by atoms with van der Waals surface area (Å²) in [7, 11) is 1.81. The second-order valence-corrected chi connectivity index (χ2v) is 8.89. The Morgan fingerprint density at radius 2 is 1.76 bits per heavy atom. The number of aromatic nitrogens is 2. The van der Waals surface area contributed by atoms with Gasteiger partial charge in [0.1, 0.15) is 5.69 Å². The lowest BCUT2D eigenvalue weighted by molar-refractivity contribution is -0.115. The van der Waals surface area contributed by atoms with E-state index in [9.17, 15) is 9.59 Å². The smallest absolute Gasteiger partial charge is 0.295 e. The van der Waals surface area contributed by atoms with Gasteiger partial charge in [0.15, 0.2) is 0 Å². The Morgan fingerprint density at radius 1 is 1.03 bits per heavy atom. The van der Waals surface area contributed by atoms with E-state index in [0.29, 0.717) is 11.4 Å². The second kappa shape index (κ2) is 10.0. The van der Waals surface area contributed by atoms with Crippen LogP contribution in [-0.4, -0.2) is 21.8 Å². The molecule has 0 aliphatic heterocycles. The standard InChI is InChI=1S/C26H28N4O2S/c1-4-19-12-14-20(15-13-19)25(22-11-8-16-33-22)27-17-23(31)28-24-18(2)29(3)30(26(24)32)21-9-6-5-7-10-21/h5-16,25,27H,4,17H2,1-3H3,(H,28,31)/t25-/m0/s1. The molecular weight excluding hydrogens is 432 g/mol. The van der Waals surface area contributed by atoms with Crippen LogP contribution in [0.4, 0.5) is 5.69 Å². The molecule has 33 heavy (non-hydrogen) atoms. The van der Waals surface area contributed by atoms with Crippen molar-refractivity contribution < 1.29 is 4.79 Å². The SMILES string of the molecule is CCc1ccc([C@H](NCC(=O)Nc2c(C)n(C)n(-c3ccccc3)c2=O)c2cccs2)cc1. The van der Waals surface area contributed by atoms with Gasteiger partial charge in [-0.05, 0) is 48.1 Å². The maximum Gasteiger partial charge on any atom is 0.295 e. The van der Waals surface area contributed by atoms with Crippen LogP contribution < -0.4 is 16.2 Å². The van der Waals surface area contributed by atoms with E-state index in [0.717, 1.165) is 22.5 Å². The van der Waals surface area contributed by atoms with Gasteiger partial charge >= 0.3 is 0 Å². The van der Waals surface area contributed by atoms with Gasteiger partial charge in [-0.2, -0.15) is 0 Å². The van der Waals surface area contributed by atoms with Gasteiger partial charge in [0.05, 0.1) is 24.0 Å². The minimum Gasteiger partial charge on any atom is -0.319 e. The fourth-order valence-corrected chi connectivity index (χ4v) is 4.70. The van der Waals surface area contributed by atoms with Crippen LogP contribution in [-0.2, 0) is 18.3 Å². The zero-order valence-corrected chi connectivity index (χ0v) is 19.9. The summed E-state index contributed by atoms with van der Waals surface area (Å²) in [6, 6.07) is 21.8. The third-order valence-corrected chi connectivity index (χ3v) is 6.77. The maximum absolute atomic E-state index is 13.1. The van der Waals surface area contributed by atoms with Crippen LogP contribution in [0.25, 0.3) is 5.69 Å². The molecule has 2 aromatic carbocycles. The molecule has 1 amide bonds. The van der Waals surface area contributed by atoms with Crippen molar-refractivity contribution in [3.05, 3.63) is 104 Å². The molecule has 0 radical (unpaired) electrons. The summed E-state index contributed by atoms with van der Waals surface area (Å²) in [5.74, 6) is -0.257. The van der Waals surface area contributed by atoms with Crippen LogP contribution in [0.3, 0.4) is 0 Å². The molecule has 0 aliphatic carbocycles. The van der Waals surface area contributed by atoms with Gasteiger partial charge in [0.2, 0.25) is 5.91 Å². The number of aryl methyl sites for hydroxylation is 1. The monoisotopic (exact) mass is 460 g/mol. The van der Waals surface area contributed by atoms with E-state index in [1.54, 1.807) is 20.7 Å². The molecule has 4 aromatic rings. The summed E-state index contributed by atoms with van der Waals surface area (Å²) >= 11 is 1.65. The highest BCUT2D eigenvalue weighted by atomic mass is 32.1. The van der Waals surface area contributed by atoms with Gasteiger partial charge in [-0.25, -0.2) is 4.68 Å². The number of nitrogens with zero attached hydrogens (tertiary/aromatic N) is 2. The van der Waals surface area contributed by atoms with Crippen molar-refractivity contribution in [2.75, 3.05) is 11.9 Å². The molecule has 2 heterocycles. The van der Waals surface area contributed by atoms with Crippen LogP contribution in [0.15, 0.2) is 76.9 Å². The normalized spacial score (nSPS) is 12.0. The molecule has 0 fully saturated rings. The Bertz CT molecular complexity index is 1270. The van der Waals surface area contributed by atoms with Gasteiger partial charge in [-0.15, -0.1) is 11.3 Å². The molecule has 2 N–H and O–H groups in total. The molecule has 0 saturated carbocycles. The van der Waals surface area contributed by atoms with Gasteiger partial charge in [-0.3, -0.25) is 19.6 Å². The average molecular weight is 461 g/mol. The number of hydrogen-bond acceptors (Lipinski definition) is 4. The zero-order valence-electron chi connectivity index (χ0n) is 19.0. The quantitative estimate of drug-likeness (QED) is 0.409. The Morgan fingerprint density at radius 3 is 2.39 bits per heavy atom. The van der Waals surface area contributed by atoms with Crippen molar-refractivity contribution in [1.82, 2.24) is 14.7 Å². The van der Waals surface area contributed by atoms with E-state index < -0.39 is 0 Å². The predicted molar refractivity (Wildman–Crippen MR) is 134 cm³/mol. The van der Waals surface area contributed by atoms with Gasteiger partial charge in [-0.1, -0.05) is 55.5 Å². The van der Waals surface area contributed by atoms with Gasteiger partial charge in [0.25, 0.3) is 5.56 Å². The summed E-state index contributed by atoms with van der Waals surface area (Å²) in [6.45, 7) is 4.04. The molecule has 7 heteroatoms. The summed E-state index contributed by atoms with van der Waals surface area (Å²) in [4.78, 5) is 27.0. The van der Waals surface area contributed by atoms with Crippen molar-refractivity contribution in [3.63, 3.8) is 0 Å². The largest absolute Gasteiger partial charge is 0.319 e. The van der Waals surface area contributed by atoms with Crippen molar-refractivity contribution in [1.29, 1.82) is 0 Å². The lowest BCUT2D eigenvalue weighted by atomic mass is 10.0. The van der Waals surface area contributed by atoms with E-state index in [-0.39, 0.29) is 24.1 Å². The first kappa shape index (κ1) is 22.8. The summed E-state index contributed by atoms with van der Waals surface area (Å²) < 4.78 is 3.31. The highest BCUT2D eigenvalue weighted by Gasteiger charge is 2.20. The molecule has 6 nitrogen and oxygen atoms in total. The number of carbonyl (C=O) groups excluding carboxylic acids is 1. The van der Waals surface area contributed by atoms with E-state index >= 15 is 0 Å². The molecule has 1 atom stereocenters. The van der Waals surface area contributed by atoms with Crippen molar-refractivity contribution in [2.45, 2.75) is 26.3 Å². The lowest BCUT2D eigenvalue weighted by Gasteiger charge is -2.18. The molecular formula is C26H28N4O2S. The Kier molecular flexibility index (Phi) is 6.91. The topological polar surface area (TPSA) is 68.1 Å². The molecule has 0 saturated heterocycles. The fraction of sp³-hybridized carbons (Fsp3) is 0.231. The summed E-state index contributed by atoms with van der Waals surface area (Å²) in [6.07, 6.45) is 0.983. The van der Waals surface area contributed by atoms with Crippen LogP contribution in [0.1, 0.15) is 34.7 Å². The fourth-order valence-electron chi connectivity index (χ4n) is 3.87. The van der Waals surface area contributed by atoms with E-state index in [1.165, 1.54) is 5.56 Å². The first-order chi connectivity index (χ1) is 16.0. The lowest BCUT2D eigenvalue weighted by Crippen LogP contribution is -2.33. The number of thiophene rings is 1. The minimum absolute atomic E-state index is 0.0806. The molecule has 0 spiro atoms. The number of amides is 1. The van der Waals surface area contributed by atoms with Gasteiger partial charge in [0, 0.05) is 11.9 Å². The highest BCUT2D eigenvalue weighted by Crippen LogP contribution is 2.26. The highest BCUT2D eigenvalue weighted by molar-refractivity contribution is 7.10. The number of benzene rings is 2. The molecule has 0 bridgehead atoms. The van der Waals surface area contributed by atoms with Gasteiger partial charge < -0.3 is 5.32 Å². The molecule has 2 aromatic heterocycles. The number of hydrogen-bond donors (Lipinski definition) is 2. The first-order valence-electron chi connectivity index (χ1n) is 11.0. The Hall–Kier alpha value is -3.42. The van der Waals surface area contributed by atoms with Crippen LogP contribution >= 0.6 is 11.3 Å². The van der Waals surface area contributed by atoms with Crippen molar-refractivity contribution in [3.8, 4) is 5.69 Å². The Labute approximate surface area is 197 Å². The number of rotatable bonds is 8. The zero-order chi connectivity index (χ0) is 23.4. The van der Waals surface area contributed by atoms with E-state index in [4.69, 9.17) is 0 Å². The predicted octanol–water partition coefficient (Wildman–Crippen LogP) is 4.43. The third kappa shape index (κ3) is 4.84. The van der Waals surface area contributed by atoms with Crippen LogP contribution in [0.2, 0.25) is 0 Å². The number of nitrogens with one attached hydrogen (secondary N) is 2. The molecule has 4 rings (SSSR count). The van der Waals surface area contributed by atoms with E-state index in [2.05, 4.69) is 47.9 Å². The Balaban J connectivity index is 1.52. The number of anilines is 1. The van der Waals surface area contributed by atoms with Crippen LogP contribution in [0, 0.1) is 6.92 Å². The summed E-state index contributed by atoms with van der Waals surface area (Å²) in [5.41, 5.74) is 3.87.